The molecule has 1 aromatic rings. The van der Waals surface area contributed by atoms with E-state index in [-0.39, 0.29) is 0 Å². The molecule has 2 nitrogen and oxygen atoms in total. The molecule has 0 saturated heterocycles. The maximum absolute atomic E-state index is 5.71. The number of alkyl halides is 1. The number of nitrogen functional groups attached to an aromatic ring is 1. The van der Waals surface area contributed by atoms with Gasteiger partial charge in [0.15, 0.2) is 0 Å². The number of rotatable bonds is 4. The minimum atomic E-state index is 0.543. The third kappa shape index (κ3) is 3.23. The van der Waals surface area contributed by atoms with Crippen LogP contribution in [-0.2, 0) is 6.42 Å². The monoisotopic (exact) mass is 198 g/mol. The van der Waals surface area contributed by atoms with Crippen LogP contribution in [0.5, 0.6) is 0 Å². The van der Waals surface area contributed by atoms with E-state index in [0.717, 1.165) is 18.4 Å². The predicted molar refractivity (Wildman–Crippen MR) is 56.9 cm³/mol. The molecule has 0 saturated carbocycles. The summed E-state index contributed by atoms with van der Waals surface area (Å²) in [4.78, 5) is 4.03. The zero-order chi connectivity index (χ0) is 9.68. The first-order chi connectivity index (χ1) is 6.24. The Bertz CT molecular complexity index is 263. The Morgan fingerprint density at radius 3 is 3.00 bits per heavy atom. The Hall–Kier alpha value is -0.760. The minimum Gasteiger partial charge on any atom is -0.383 e. The normalized spacial score (nSPS) is 12.8. The molecule has 1 unspecified atom stereocenters. The van der Waals surface area contributed by atoms with E-state index in [2.05, 4.69) is 11.9 Å². The molecule has 1 aromatic heterocycles. The van der Waals surface area contributed by atoms with Crippen LogP contribution in [0.3, 0.4) is 0 Å². The van der Waals surface area contributed by atoms with E-state index in [0.29, 0.717) is 17.6 Å². The fraction of sp³-hybridized carbons (Fsp3) is 0.500. The molecule has 0 aliphatic carbocycles. The van der Waals surface area contributed by atoms with Crippen molar-refractivity contribution in [1.29, 1.82) is 0 Å². The van der Waals surface area contributed by atoms with Gasteiger partial charge in [-0.2, -0.15) is 0 Å². The van der Waals surface area contributed by atoms with Crippen LogP contribution in [0.4, 0.5) is 5.82 Å². The van der Waals surface area contributed by atoms with Gasteiger partial charge in [0.05, 0.1) is 0 Å². The number of nitrogens with zero attached hydrogens (tertiary/aromatic N) is 1. The molecule has 0 spiro atoms. The number of aromatic nitrogens is 1. The zero-order valence-corrected chi connectivity index (χ0v) is 8.59. The number of nitrogens with two attached hydrogens (primary N) is 1. The number of hydrogen-bond donors (Lipinski definition) is 1. The third-order valence-electron chi connectivity index (χ3n) is 2.10. The summed E-state index contributed by atoms with van der Waals surface area (Å²) in [5, 5.41) is 0. The summed E-state index contributed by atoms with van der Waals surface area (Å²) in [6.45, 7) is 2.14. The first kappa shape index (κ1) is 10.3. The van der Waals surface area contributed by atoms with Gasteiger partial charge >= 0.3 is 0 Å². The van der Waals surface area contributed by atoms with Gasteiger partial charge in [0.2, 0.25) is 0 Å². The smallest absolute Gasteiger partial charge is 0.126 e. The van der Waals surface area contributed by atoms with Gasteiger partial charge in [-0.3, -0.25) is 0 Å². The number of halogens is 1. The molecule has 0 amide bonds. The lowest BCUT2D eigenvalue weighted by Gasteiger charge is -2.07. The molecule has 0 aliphatic heterocycles. The molecule has 13 heavy (non-hydrogen) atoms. The quantitative estimate of drug-likeness (QED) is 0.755. The molecule has 1 heterocycles. The molecule has 0 fully saturated rings. The molecule has 0 aromatic carbocycles. The van der Waals surface area contributed by atoms with Crippen LogP contribution in [0.15, 0.2) is 18.3 Å². The minimum absolute atomic E-state index is 0.543. The SMILES string of the molecule is CC(CCl)CCc1cccnc1N. The van der Waals surface area contributed by atoms with E-state index < -0.39 is 0 Å². The maximum Gasteiger partial charge on any atom is 0.126 e. The van der Waals surface area contributed by atoms with Crippen molar-refractivity contribution >= 4 is 17.4 Å². The molecular weight excluding hydrogens is 184 g/mol. The topological polar surface area (TPSA) is 38.9 Å². The zero-order valence-electron chi connectivity index (χ0n) is 7.83. The fourth-order valence-corrected chi connectivity index (χ4v) is 1.30. The highest BCUT2D eigenvalue weighted by molar-refractivity contribution is 6.18. The predicted octanol–water partition coefficient (Wildman–Crippen LogP) is 2.47. The van der Waals surface area contributed by atoms with Crippen LogP contribution < -0.4 is 5.73 Å². The van der Waals surface area contributed by atoms with Crippen LogP contribution in [0, 0.1) is 5.92 Å². The van der Waals surface area contributed by atoms with Gasteiger partial charge in [-0.15, -0.1) is 11.6 Å². The van der Waals surface area contributed by atoms with Gasteiger partial charge < -0.3 is 5.73 Å². The Labute approximate surface area is 84.1 Å². The number of anilines is 1. The van der Waals surface area contributed by atoms with Gasteiger partial charge in [0, 0.05) is 12.1 Å². The van der Waals surface area contributed by atoms with Crippen LogP contribution in [0.1, 0.15) is 18.9 Å². The molecule has 0 radical (unpaired) electrons. The average molecular weight is 199 g/mol. The van der Waals surface area contributed by atoms with Crippen molar-refractivity contribution < 1.29 is 0 Å². The van der Waals surface area contributed by atoms with E-state index in [4.69, 9.17) is 17.3 Å². The van der Waals surface area contributed by atoms with Crippen molar-refractivity contribution in [1.82, 2.24) is 4.98 Å². The van der Waals surface area contributed by atoms with Crippen LogP contribution in [-0.4, -0.2) is 10.9 Å². The van der Waals surface area contributed by atoms with Crippen molar-refractivity contribution in [2.24, 2.45) is 5.92 Å². The Kier molecular flexibility index (Phi) is 4.03. The lowest BCUT2D eigenvalue weighted by molar-refractivity contribution is 0.593. The van der Waals surface area contributed by atoms with Crippen molar-refractivity contribution in [2.45, 2.75) is 19.8 Å². The number of aryl methyl sites for hydroxylation is 1. The molecule has 0 aliphatic rings. The highest BCUT2D eigenvalue weighted by Gasteiger charge is 2.03. The van der Waals surface area contributed by atoms with Gasteiger partial charge in [-0.1, -0.05) is 13.0 Å². The van der Waals surface area contributed by atoms with E-state index in [1.807, 2.05) is 12.1 Å². The first-order valence-corrected chi connectivity index (χ1v) is 5.03. The van der Waals surface area contributed by atoms with E-state index in [1.165, 1.54) is 0 Å². The van der Waals surface area contributed by atoms with Gasteiger partial charge in [-0.25, -0.2) is 4.98 Å². The van der Waals surface area contributed by atoms with Gasteiger partial charge in [0.25, 0.3) is 0 Å². The molecule has 1 rings (SSSR count). The molecule has 72 valence electrons. The highest BCUT2D eigenvalue weighted by atomic mass is 35.5. The fourth-order valence-electron chi connectivity index (χ4n) is 1.14. The lowest BCUT2D eigenvalue weighted by Crippen LogP contribution is -2.02. The molecule has 0 bridgehead atoms. The summed E-state index contributed by atoms with van der Waals surface area (Å²) < 4.78 is 0. The summed E-state index contributed by atoms with van der Waals surface area (Å²) >= 11 is 5.71. The van der Waals surface area contributed by atoms with Gasteiger partial charge in [0.1, 0.15) is 5.82 Å². The summed E-state index contributed by atoms with van der Waals surface area (Å²) in [5.74, 6) is 1.89. The largest absolute Gasteiger partial charge is 0.383 e. The first-order valence-electron chi connectivity index (χ1n) is 4.49. The third-order valence-corrected chi connectivity index (χ3v) is 2.62. The van der Waals surface area contributed by atoms with E-state index >= 15 is 0 Å². The summed E-state index contributed by atoms with van der Waals surface area (Å²) in [6, 6.07) is 3.93. The highest BCUT2D eigenvalue weighted by Crippen LogP contribution is 2.14. The second kappa shape index (κ2) is 5.07. The van der Waals surface area contributed by atoms with Crippen molar-refractivity contribution in [3.63, 3.8) is 0 Å². The molecular formula is C10H15ClN2. The summed E-state index contributed by atoms with van der Waals surface area (Å²) in [7, 11) is 0. The van der Waals surface area contributed by atoms with E-state index in [1.54, 1.807) is 6.20 Å². The number of pyridine rings is 1. The molecule has 1 atom stereocenters. The summed E-state index contributed by atoms with van der Waals surface area (Å²) in [6.07, 6.45) is 3.75. The van der Waals surface area contributed by atoms with E-state index in [9.17, 15) is 0 Å². The standard InChI is InChI=1S/C10H15ClN2/c1-8(7-11)4-5-9-3-2-6-13-10(9)12/h2-3,6,8H,4-5,7H2,1H3,(H2,12,13). The second-order valence-electron chi connectivity index (χ2n) is 3.35. The van der Waals surface area contributed by atoms with Crippen LogP contribution in [0.2, 0.25) is 0 Å². The van der Waals surface area contributed by atoms with Crippen molar-refractivity contribution in [3.8, 4) is 0 Å². The van der Waals surface area contributed by atoms with Crippen molar-refractivity contribution in [2.75, 3.05) is 11.6 Å². The molecule has 3 heteroatoms. The molecule has 2 N–H and O–H groups in total. The summed E-state index contributed by atoms with van der Waals surface area (Å²) in [5.41, 5.74) is 6.83. The number of hydrogen-bond acceptors (Lipinski definition) is 2. The Morgan fingerprint density at radius 2 is 2.38 bits per heavy atom. The van der Waals surface area contributed by atoms with Crippen LogP contribution >= 0.6 is 11.6 Å². The Morgan fingerprint density at radius 1 is 1.62 bits per heavy atom. The van der Waals surface area contributed by atoms with Crippen molar-refractivity contribution in [3.05, 3.63) is 23.9 Å². The average Bonchev–Trinajstić information content (AvgIpc) is 2.16. The van der Waals surface area contributed by atoms with Crippen LogP contribution in [0.25, 0.3) is 0 Å². The second-order valence-corrected chi connectivity index (χ2v) is 3.65. The Balaban J connectivity index is 2.50. The van der Waals surface area contributed by atoms with Gasteiger partial charge in [-0.05, 0) is 30.4 Å². The maximum atomic E-state index is 5.71. The lowest BCUT2D eigenvalue weighted by atomic mass is 10.0.